The van der Waals surface area contributed by atoms with Gasteiger partial charge in [0.1, 0.15) is 5.75 Å². The average Bonchev–Trinajstić information content (AvgIpc) is 2.65. The molecule has 2 aromatic carbocycles. The fraction of sp³-hybridized carbons (Fsp3) is 0.263. The predicted molar refractivity (Wildman–Crippen MR) is 96.6 cm³/mol. The molecule has 0 aliphatic carbocycles. The highest BCUT2D eigenvalue weighted by molar-refractivity contribution is 6.07. The molecule has 0 spiro atoms. The van der Waals surface area contributed by atoms with Crippen molar-refractivity contribution in [2.45, 2.75) is 6.92 Å². The highest BCUT2D eigenvalue weighted by atomic mass is 16.5. The number of hydrogen-bond acceptors (Lipinski definition) is 5. The maximum atomic E-state index is 12.9. The minimum absolute atomic E-state index is 0.206. The zero-order chi connectivity index (χ0) is 19.3. The minimum atomic E-state index is -1.05. The fourth-order valence-corrected chi connectivity index (χ4v) is 2.42. The Bertz CT molecular complexity index is 800. The van der Waals surface area contributed by atoms with Gasteiger partial charge in [0.25, 0.3) is 5.91 Å². The largest absolute Gasteiger partial charge is 0.493 e. The summed E-state index contributed by atoms with van der Waals surface area (Å²) in [5.74, 6) is 0.198. The first kappa shape index (κ1) is 19.1. The molecule has 0 saturated carbocycles. The number of benzene rings is 2. The number of carbonyl (C=O) groups is 2. The normalized spacial score (nSPS) is 10.2. The summed E-state index contributed by atoms with van der Waals surface area (Å²) >= 11 is 0. The van der Waals surface area contributed by atoms with Gasteiger partial charge in [0.15, 0.2) is 18.1 Å². The van der Waals surface area contributed by atoms with Crippen LogP contribution in [0.4, 0.5) is 5.69 Å². The molecule has 0 saturated heterocycles. The van der Waals surface area contributed by atoms with Gasteiger partial charge in [-0.25, -0.2) is 4.79 Å². The molecule has 2 aromatic rings. The summed E-state index contributed by atoms with van der Waals surface area (Å²) in [5, 5.41) is 8.63. The van der Waals surface area contributed by atoms with Crippen LogP contribution >= 0.6 is 0 Å². The first-order valence-corrected chi connectivity index (χ1v) is 7.82. The van der Waals surface area contributed by atoms with Crippen molar-refractivity contribution in [3.63, 3.8) is 0 Å². The van der Waals surface area contributed by atoms with E-state index >= 15 is 0 Å². The summed E-state index contributed by atoms with van der Waals surface area (Å²) in [6, 6.07) is 10.0. The van der Waals surface area contributed by atoms with Gasteiger partial charge in [-0.2, -0.15) is 0 Å². The monoisotopic (exact) mass is 359 g/mol. The predicted octanol–water partition coefficient (Wildman–Crippen LogP) is 2.75. The van der Waals surface area contributed by atoms with Crippen molar-refractivity contribution >= 4 is 17.6 Å². The Morgan fingerprint density at radius 3 is 2.15 bits per heavy atom. The average molecular weight is 359 g/mol. The standard InChI is InChI=1S/C19H21NO6/c1-12-9-16(24-3)17(25-4)10-15(12)19(23)20(2)13-5-7-14(8-6-13)26-11-18(21)22/h5-10H,11H2,1-4H3,(H,21,22). The number of nitrogens with zero attached hydrogens (tertiary/aromatic N) is 1. The van der Waals surface area contributed by atoms with Gasteiger partial charge in [-0.15, -0.1) is 0 Å². The Kier molecular flexibility index (Phi) is 6.06. The lowest BCUT2D eigenvalue weighted by molar-refractivity contribution is -0.139. The fourth-order valence-electron chi connectivity index (χ4n) is 2.42. The van der Waals surface area contributed by atoms with E-state index in [1.165, 1.54) is 12.0 Å². The topological polar surface area (TPSA) is 85.3 Å². The molecule has 0 aliphatic rings. The van der Waals surface area contributed by atoms with E-state index in [-0.39, 0.29) is 5.91 Å². The lowest BCUT2D eigenvalue weighted by atomic mass is 10.1. The van der Waals surface area contributed by atoms with E-state index < -0.39 is 12.6 Å². The molecule has 0 radical (unpaired) electrons. The molecule has 0 unspecified atom stereocenters. The van der Waals surface area contributed by atoms with Gasteiger partial charge in [0.2, 0.25) is 0 Å². The zero-order valence-corrected chi connectivity index (χ0v) is 15.1. The highest BCUT2D eigenvalue weighted by Crippen LogP contribution is 2.31. The number of aryl methyl sites for hydroxylation is 1. The van der Waals surface area contributed by atoms with Crippen LogP contribution in [0.15, 0.2) is 36.4 Å². The first-order valence-electron chi connectivity index (χ1n) is 7.82. The second-order valence-electron chi connectivity index (χ2n) is 5.56. The van der Waals surface area contributed by atoms with E-state index in [1.54, 1.807) is 50.6 Å². The molecule has 7 heteroatoms. The quantitative estimate of drug-likeness (QED) is 0.818. The van der Waals surface area contributed by atoms with E-state index in [4.69, 9.17) is 19.3 Å². The van der Waals surface area contributed by atoms with Crippen LogP contribution in [0.2, 0.25) is 0 Å². The van der Waals surface area contributed by atoms with Crippen molar-refractivity contribution < 1.29 is 28.9 Å². The number of anilines is 1. The lowest BCUT2D eigenvalue weighted by Crippen LogP contribution is -2.27. The molecule has 0 aliphatic heterocycles. The van der Waals surface area contributed by atoms with Gasteiger partial charge < -0.3 is 24.2 Å². The van der Waals surface area contributed by atoms with Crippen molar-refractivity contribution in [3.8, 4) is 17.2 Å². The second-order valence-corrected chi connectivity index (χ2v) is 5.56. The molecule has 1 amide bonds. The summed E-state index contributed by atoms with van der Waals surface area (Å²) in [4.78, 5) is 24.9. The van der Waals surface area contributed by atoms with Crippen molar-refractivity contribution in [1.82, 2.24) is 0 Å². The van der Waals surface area contributed by atoms with Crippen LogP contribution in [-0.2, 0) is 4.79 Å². The maximum Gasteiger partial charge on any atom is 0.341 e. The van der Waals surface area contributed by atoms with E-state index in [0.717, 1.165) is 5.56 Å². The van der Waals surface area contributed by atoms with Crippen LogP contribution in [0, 0.1) is 6.92 Å². The van der Waals surface area contributed by atoms with E-state index in [9.17, 15) is 9.59 Å². The smallest absolute Gasteiger partial charge is 0.341 e. The number of hydrogen-bond donors (Lipinski definition) is 1. The van der Waals surface area contributed by atoms with Crippen LogP contribution in [-0.4, -0.2) is 44.9 Å². The summed E-state index contributed by atoms with van der Waals surface area (Å²) < 4.78 is 15.6. The SMILES string of the molecule is COc1cc(C)c(C(=O)N(C)c2ccc(OCC(=O)O)cc2)cc1OC. The van der Waals surface area contributed by atoms with Gasteiger partial charge in [0.05, 0.1) is 14.2 Å². The Morgan fingerprint density at radius 1 is 1.04 bits per heavy atom. The summed E-state index contributed by atoms with van der Waals surface area (Å²) in [5.41, 5.74) is 1.91. The number of amides is 1. The molecule has 1 N–H and O–H groups in total. The molecule has 138 valence electrons. The van der Waals surface area contributed by atoms with Crippen molar-refractivity contribution in [2.24, 2.45) is 0 Å². The molecule has 0 fully saturated rings. The third-order valence-electron chi connectivity index (χ3n) is 3.85. The van der Waals surface area contributed by atoms with E-state index in [2.05, 4.69) is 0 Å². The molecule has 0 bridgehead atoms. The van der Waals surface area contributed by atoms with Gasteiger partial charge in [-0.1, -0.05) is 0 Å². The summed E-state index contributed by atoms with van der Waals surface area (Å²) in [7, 11) is 4.71. The van der Waals surface area contributed by atoms with Crippen molar-refractivity contribution in [1.29, 1.82) is 0 Å². The molecule has 26 heavy (non-hydrogen) atoms. The molecule has 0 heterocycles. The molecule has 7 nitrogen and oxygen atoms in total. The van der Waals surface area contributed by atoms with Gasteiger partial charge in [0, 0.05) is 18.3 Å². The number of aliphatic carboxylic acids is 1. The lowest BCUT2D eigenvalue weighted by Gasteiger charge is -2.20. The van der Waals surface area contributed by atoms with E-state index in [0.29, 0.717) is 28.5 Å². The van der Waals surface area contributed by atoms with Gasteiger partial charge in [-0.05, 0) is 48.9 Å². The Balaban J connectivity index is 2.22. The van der Waals surface area contributed by atoms with E-state index in [1.807, 2.05) is 6.92 Å². The number of rotatable bonds is 7. The molecular formula is C19H21NO6. The number of ether oxygens (including phenoxy) is 3. The van der Waals surface area contributed by atoms with Gasteiger partial charge >= 0.3 is 5.97 Å². The Morgan fingerprint density at radius 2 is 1.62 bits per heavy atom. The van der Waals surface area contributed by atoms with Crippen LogP contribution < -0.4 is 19.1 Å². The van der Waals surface area contributed by atoms with Crippen molar-refractivity contribution in [2.75, 3.05) is 32.8 Å². The maximum absolute atomic E-state index is 12.9. The number of methoxy groups -OCH3 is 2. The number of carboxylic acid groups (broad SMARTS) is 1. The molecular weight excluding hydrogens is 338 g/mol. The van der Waals surface area contributed by atoms with Crippen LogP contribution in [0.3, 0.4) is 0 Å². The Hall–Kier alpha value is -3.22. The zero-order valence-electron chi connectivity index (χ0n) is 15.1. The minimum Gasteiger partial charge on any atom is -0.493 e. The van der Waals surface area contributed by atoms with Crippen molar-refractivity contribution in [3.05, 3.63) is 47.5 Å². The second kappa shape index (κ2) is 8.24. The molecule has 0 aromatic heterocycles. The van der Waals surface area contributed by atoms with Crippen LogP contribution in [0.5, 0.6) is 17.2 Å². The Labute approximate surface area is 151 Å². The van der Waals surface area contributed by atoms with Gasteiger partial charge in [-0.3, -0.25) is 4.79 Å². The summed E-state index contributed by atoms with van der Waals surface area (Å²) in [6.07, 6.45) is 0. The number of carbonyl (C=O) groups excluding carboxylic acids is 1. The third-order valence-corrected chi connectivity index (χ3v) is 3.85. The first-order chi connectivity index (χ1) is 12.4. The number of carboxylic acids is 1. The molecule has 0 atom stereocenters. The molecule has 2 rings (SSSR count). The van der Waals surface area contributed by atoms with Crippen LogP contribution in [0.1, 0.15) is 15.9 Å². The highest BCUT2D eigenvalue weighted by Gasteiger charge is 2.19. The summed E-state index contributed by atoms with van der Waals surface area (Å²) in [6.45, 7) is 1.41. The van der Waals surface area contributed by atoms with Crippen LogP contribution in [0.25, 0.3) is 0 Å². The third kappa shape index (κ3) is 4.24.